The Hall–Kier alpha value is -1.98. The van der Waals surface area contributed by atoms with Gasteiger partial charge in [0.05, 0.1) is 9.85 Å². The minimum Gasteiger partial charge on any atom is -0.259 e. The van der Waals surface area contributed by atoms with Crippen LogP contribution >= 0.6 is 0 Å². The monoisotopic (exact) mass is 198 g/mol. The maximum atomic E-state index is 10.2. The molecule has 6 heteroatoms. The molecule has 0 aliphatic heterocycles. The van der Waals surface area contributed by atoms with Gasteiger partial charge in [-0.25, -0.2) is 0 Å². The number of hydrogen-bond acceptors (Lipinski definition) is 4. The van der Waals surface area contributed by atoms with E-state index in [2.05, 4.69) is 6.58 Å². The van der Waals surface area contributed by atoms with Crippen LogP contribution in [0.25, 0.3) is 0 Å². The van der Waals surface area contributed by atoms with Gasteiger partial charge in [-0.3, -0.25) is 20.2 Å². The van der Waals surface area contributed by atoms with Crippen molar-refractivity contribution in [2.45, 2.75) is 13.8 Å². The first kappa shape index (κ1) is 12.0. The molecule has 0 aromatic rings. The molecule has 0 spiro atoms. The maximum absolute atomic E-state index is 10.2. The summed E-state index contributed by atoms with van der Waals surface area (Å²) in [7, 11) is 0. The lowest BCUT2D eigenvalue weighted by Gasteiger charge is -1.93. The molecule has 0 aliphatic rings. The summed E-state index contributed by atoms with van der Waals surface area (Å²) >= 11 is 0. The number of allylic oxidation sites excluding steroid dienone is 4. The number of nitro groups is 2. The molecule has 0 radical (unpaired) electrons. The molecule has 0 saturated heterocycles. The summed E-state index contributed by atoms with van der Waals surface area (Å²) in [6.45, 7) is 5.98. The van der Waals surface area contributed by atoms with E-state index in [-0.39, 0.29) is 17.0 Å². The Kier molecular flexibility index (Phi) is 4.21. The van der Waals surface area contributed by atoms with E-state index in [1.165, 1.54) is 26.0 Å². The van der Waals surface area contributed by atoms with Crippen molar-refractivity contribution >= 4 is 0 Å². The molecule has 0 unspecified atom stereocenters. The summed E-state index contributed by atoms with van der Waals surface area (Å²) in [6, 6.07) is 0. The first-order chi connectivity index (χ1) is 6.36. The molecule has 0 amide bonds. The second-order valence-electron chi connectivity index (χ2n) is 2.62. The highest BCUT2D eigenvalue weighted by Gasteiger charge is 2.08. The fraction of sp³-hybridized carbons (Fsp3) is 0.250. The molecular weight excluding hydrogens is 188 g/mol. The lowest BCUT2D eigenvalue weighted by Crippen LogP contribution is -1.98. The second kappa shape index (κ2) is 4.90. The van der Waals surface area contributed by atoms with Gasteiger partial charge in [-0.05, 0) is 19.6 Å². The van der Waals surface area contributed by atoms with E-state index in [9.17, 15) is 20.2 Å². The third-order valence-corrected chi connectivity index (χ3v) is 1.54. The van der Waals surface area contributed by atoms with Gasteiger partial charge in [0, 0.05) is 18.6 Å². The van der Waals surface area contributed by atoms with Crippen molar-refractivity contribution in [3.63, 3.8) is 0 Å². The van der Waals surface area contributed by atoms with Gasteiger partial charge in [0.2, 0.25) is 5.70 Å². The Morgan fingerprint density at radius 1 is 1.14 bits per heavy atom. The highest BCUT2D eigenvalue weighted by Crippen LogP contribution is 2.07. The van der Waals surface area contributed by atoms with E-state index in [4.69, 9.17) is 0 Å². The zero-order chi connectivity index (χ0) is 11.3. The van der Waals surface area contributed by atoms with Gasteiger partial charge in [0.15, 0.2) is 0 Å². The minimum atomic E-state index is -0.638. The molecule has 14 heavy (non-hydrogen) atoms. The van der Waals surface area contributed by atoms with Crippen molar-refractivity contribution in [1.82, 2.24) is 0 Å². The van der Waals surface area contributed by atoms with Gasteiger partial charge in [0.1, 0.15) is 0 Å². The molecule has 0 aromatic carbocycles. The SMILES string of the molecule is C=C(/C(C)=C\C=C(/C)[N+](=O)[O-])[N+](=O)[O-]. The van der Waals surface area contributed by atoms with E-state index in [0.717, 1.165) is 0 Å². The molecule has 0 bridgehead atoms. The summed E-state index contributed by atoms with van der Waals surface area (Å²) in [6.07, 6.45) is 2.49. The fourth-order valence-electron chi connectivity index (χ4n) is 0.547. The van der Waals surface area contributed by atoms with Crippen LogP contribution in [0.1, 0.15) is 13.8 Å². The lowest BCUT2D eigenvalue weighted by atomic mass is 10.2. The van der Waals surface area contributed by atoms with Crippen LogP contribution in [0.15, 0.2) is 35.7 Å². The zero-order valence-corrected chi connectivity index (χ0v) is 7.89. The predicted octanol–water partition coefficient (Wildman–Crippen LogP) is 1.90. The third-order valence-electron chi connectivity index (χ3n) is 1.54. The maximum Gasteiger partial charge on any atom is 0.265 e. The van der Waals surface area contributed by atoms with Crippen molar-refractivity contribution in [2.24, 2.45) is 0 Å². The van der Waals surface area contributed by atoms with Gasteiger partial charge in [-0.15, -0.1) is 0 Å². The smallest absolute Gasteiger partial charge is 0.259 e. The Labute approximate surface area is 80.5 Å². The molecular formula is C8H10N2O4. The summed E-state index contributed by atoms with van der Waals surface area (Å²) in [5, 5.41) is 20.4. The van der Waals surface area contributed by atoms with Gasteiger partial charge in [-0.1, -0.05) is 0 Å². The number of rotatable bonds is 4. The van der Waals surface area contributed by atoms with Gasteiger partial charge >= 0.3 is 0 Å². The summed E-state index contributed by atoms with van der Waals surface area (Å²) in [4.78, 5) is 19.2. The fourth-order valence-corrected chi connectivity index (χ4v) is 0.547. The lowest BCUT2D eigenvalue weighted by molar-refractivity contribution is -0.424. The Morgan fingerprint density at radius 2 is 1.64 bits per heavy atom. The van der Waals surface area contributed by atoms with Crippen LogP contribution in [0.5, 0.6) is 0 Å². The van der Waals surface area contributed by atoms with Crippen LogP contribution in [-0.2, 0) is 0 Å². The number of hydrogen-bond donors (Lipinski definition) is 0. The van der Waals surface area contributed by atoms with Crippen LogP contribution < -0.4 is 0 Å². The molecule has 0 aliphatic carbocycles. The van der Waals surface area contributed by atoms with Crippen molar-refractivity contribution in [1.29, 1.82) is 0 Å². The zero-order valence-electron chi connectivity index (χ0n) is 7.89. The van der Waals surface area contributed by atoms with Crippen LogP contribution in [0.4, 0.5) is 0 Å². The van der Waals surface area contributed by atoms with E-state index in [1.807, 2.05) is 0 Å². The van der Waals surface area contributed by atoms with Crippen LogP contribution in [0.3, 0.4) is 0 Å². The van der Waals surface area contributed by atoms with Gasteiger partial charge in [0.25, 0.3) is 5.70 Å². The molecule has 0 rings (SSSR count). The third kappa shape index (κ3) is 3.61. The van der Waals surface area contributed by atoms with Gasteiger partial charge in [-0.2, -0.15) is 0 Å². The Bertz CT molecular complexity index is 341. The van der Waals surface area contributed by atoms with Crippen molar-refractivity contribution in [3.8, 4) is 0 Å². The topological polar surface area (TPSA) is 86.3 Å². The predicted molar refractivity (Wildman–Crippen MR) is 50.6 cm³/mol. The van der Waals surface area contributed by atoms with E-state index in [0.29, 0.717) is 0 Å². The molecule has 0 saturated carbocycles. The highest BCUT2D eigenvalue weighted by molar-refractivity contribution is 5.25. The van der Waals surface area contributed by atoms with E-state index >= 15 is 0 Å². The first-order valence-electron chi connectivity index (χ1n) is 3.69. The second-order valence-corrected chi connectivity index (χ2v) is 2.62. The summed E-state index contributed by atoms with van der Waals surface area (Å²) in [5.74, 6) is 0. The molecule has 0 fully saturated rings. The number of nitrogens with zero attached hydrogens (tertiary/aromatic N) is 2. The molecule has 76 valence electrons. The van der Waals surface area contributed by atoms with Crippen LogP contribution in [0.2, 0.25) is 0 Å². The largest absolute Gasteiger partial charge is 0.265 e. The summed E-state index contributed by atoms with van der Waals surface area (Å²) in [5.41, 5.74) is -0.0610. The minimum absolute atomic E-state index is 0.0829. The van der Waals surface area contributed by atoms with Crippen LogP contribution in [-0.4, -0.2) is 9.85 Å². The molecule has 0 aromatic heterocycles. The standard InChI is InChI=1S/C8H10N2O4/c1-6(8(3)10(13)14)4-5-7(2)9(11)12/h4-5H,3H2,1-2H3/b6-4-,7-5+. The quantitative estimate of drug-likeness (QED) is 0.392. The molecule has 0 heterocycles. The average molecular weight is 198 g/mol. The van der Waals surface area contributed by atoms with Crippen molar-refractivity contribution in [2.75, 3.05) is 0 Å². The Balaban J connectivity index is 4.71. The van der Waals surface area contributed by atoms with Gasteiger partial charge < -0.3 is 0 Å². The summed E-state index contributed by atoms with van der Waals surface area (Å²) < 4.78 is 0. The highest BCUT2D eigenvalue weighted by atomic mass is 16.6. The first-order valence-corrected chi connectivity index (χ1v) is 3.69. The normalized spacial score (nSPS) is 12.4. The van der Waals surface area contributed by atoms with E-state index < -0.39 is 9.85 Å². The molecule has 6 nitrogen and oxygen atoms in total. The Morgan fingerprint density at radius 3 is 2.00 bits per heavy atom. The molecule has 0 N–H and O–H groups in total. The average Bonchev–Trinajstić information content (AvgIpc) is 2.11. The van der Waals surface area contributed by atoms with Crippen molar-refractivity contribution < 1.29 is 9.85 Å². The van der Waals surface area contributed by atoms with Crippen LogP contribution in [0, 0.1) is 20.2 Å². The van der Waals surface area contributed by atoms with E-state index in [1.54, 1.807) is 0 Å². The van der Waals surface area contributed by atoms with Crippen molar-refractivity contribution in [3.05, 3.63) is 55.9 Å². The molecule has 0 atom stereocenters.